The van der Waals surface area contributed by atoms with Crippen molar-refractivity contribution in [2.24, 2.45) is 0 Å². The highest BCUT2D eigenvalue weighted by Crippen LogP contribution is 2.38. The van der Waals surface area contributed by atoms with E-state index in [0.29, 0.717) is 32.8 Å². The third kappa shape index (κ3) is 5.20. The van der Waals surface area contributed by atoms with Gasteiger partial charge in [0, 0.05) is 5.56 Å². The van der Waals surface area contributed by atoms with E-state index in [0.717, 1.165) is 5.56 Å². The average Bonchev–Trinajstić information content (AvgIpc) is 3.01. The van der Waals surface area contributed by atoms with Gasteiger partial charge in [-0.3, -0.25) is 9.69 Å². The lowest BCUT2D eigenvalue weighted by molar-refractivity contribution is -0.145. The first-order valence-corrected chi connectivity index (χ1v) is 10.5. The van der Waals surface area contributed by atoms with Crippen molar-refractivity contribution in [2.75, 3.05) is 20.3 Å². The molecule has 1 aliphatic rings. The summed E-state index contributed by atoms with van der Waals surface area (Å²) in [5.74, 6) is 0.158. The summed E-state index contributed by atoms with van der Waals surface area (Å²) in [6.07, 6.45) is 1.70. The highest BCUT2D eigenvalue weighted by Gasteiger charge is 2.32. The predicted octanol–water partition coefficient (Wildman–Crippen LogP) is 4.04. The minimum absolute atomic E-state index is 0.173. The number of benzene rings is 2. The molecule has 0 bridgehead atoms. The van der Waals surface area contributed by atoms with Crippen LogP contribution >= 0.6 is 24.0 Å². The molecule has 2 aromatic carbocycles. The highest BCUT2D eigenvalue weighted by molar-refractivity contribution is 8.26. The van der Waals surface area contributed by atoms with Gasteiger partial charge in [0.2, 0.25) is 0 Å². The van der Waals surface area contributed by atoms with Gasteiger partial charge in [-0.05, 0) is 24.6 Å². The first kappa shape index (κ1) is 21.9. The Morgan fingerprint density at radius 1 is 1.17 bits per heavy atom. The summed E-state index contributed by atoms with van der Waals surface area (Å²) in [6, 6.07) is 15.0. The van der Waals surface area contributed by atoms with Gasteiger partial charge in [0.05, 0.1) is 25.2 Å². The molecule has 1 amide bonds. The van der Waals surface area contributed by atoms with Crippen molar-refractivity contribution in [1.82, 2.24) is 4.90 Å². The third-order valence-corrected chi connectivity index (χ3v) is 5.59. The van der Waals surface area contributed by atoms with Crippen molar-refractivity contribution >= 4 is 46.3 Å². The molecule has 3 rings (SSSR count). The minimum Gasteiger partial charge on any atom is -0.493 e. The van der Waals surface area contributed by atoms with Gasteiger partial charge in [-0.25, -0.2) is 4.79 Å². The van der Waals surface area contributed by atoms with Crippen molar-refractivity contribution in [2.45, 2.75) is 13.5 Å². The number of esters is 1. The van der Waals surface area contributed by atoms with Gasteiger partial charge in [-0.15, -0.1) is 0 Å². The summed E-state index contributed by atoms with van der Waals surface area (Å²) in [4.78, 5) is 26.7. The van der Waals surface area contributed by atoms with Crippen LogP contribution in [0, 0.1) is 0 Å². The van der Waals surface area contributed by atoms with Crippen LogP contribution in [0.4, 0.5) is 0 Å². The molecule has 1 heterocycles. The number of methoxy groups -OCH3 is 1. The van der Waals surface area contributed by atoms with E-state index in [9.17, 15) is 9.59 Å². The van der Waals surface area contributed by atoms with Gasteiger partial charge in [-0.1, -0.05) is 66.4 Å². The largest absolute Gasteiger partial charge is 0.493 e. The SMILES string of the molecule is CCOC(=O)COc1c(C=C2SC(=S)N(Cc3ccccc3)C2=O)cccc1OC. The van der Waals surface area contributed by atoms with Crippen molar-refractivity contribution in [3.63, 3.8) is 0 Å². The Morgan fingerprint density at radius 3 is 2.63 bits per heavy atom. The highest BCUT2D eigenvalue weighted by atomic mass is 32.2. The van der Waals surface area contributed by atoms with Crippen molar-refractivity contribution in [3.05, 3.63) is 64.6 Å². The second kappa shape index (κ2) is 10.3. The van der Waals surface area contributed by atoms with E-state index in [2.05, 4.69) is 0 Å². The van der Waals surface area contributed by atoms with Gasteiger partial charge in [-0.2, -0.15) is 0 Å². The molecule has 0 aliphatic carbocycles. The summed E-state index contributed by atoms with van der Waals surface area (Å²) in [6.45, 7) is 2.14. The fourth-order valence-electron chi connectivity index (χ4n) is 2.84. The lowest BCUT2D eigenvalue weighted by atomic mass is 10.1. The molecule has 0 N–H and O–H groups in total. The van der Waals surface area contributed by atoms with E-state index in [-0.39, 0.29) is 19.1 Å². The second-order valence-electron chi connectivity index (χ2n) is 6.23. The van der Waals surface area contributed by atoms with Crippen molar-refractivity contribution in [1.29, 1.82) is 0 Å². The van der Waals surface area contributed by atoms with E-state index < -0.39 is 5.97 Å². The van der Waals surface area contributed by atoms with E-state index >= 15 is 0 Å². The van der Waals surface area contributed by atoms with Crippen LogP contribution in [0.5, 0.6) is 11.5 Å². The van der Waals surface area contributed by atoms with Crippen LogP contribution in [0.1, 0.15) is 18.1 Å². The molecule has 8 heteroatoms. The molecule has 1 aliphatic heterocycles. The Morgan fingerprint density at radius 2 is 1.93 bits per heavy atom. The number of thiocarbonyl (C=S) groups is 1. The average molecular weight is 444 g/mol. The number of carbonyl (C=O) groups is 2. The molecule has 0 spiro atoms. The lowest BCUT2D eigenvalue weighted by Gasteiger charge is -2.14. The smallest absolute Gasteiger partial charge is 0.344 e. The molecule has 2 aromatic rings. The number of ether oxygens (including phenoxy) is 3. The zero-order chi connectivity index (χ0) is 21.5. The Hall–Kier alpha value is -2.84. The van der Waals surface area contributed by atoms with Crippen LogP contribution in [0.2, 0.25) is 0 Å². The first-order valence-electron chi connectivity index (χ1n) is 9.28. The number of nitrogens with zero attached hydrogens (tertiary/aromatic N) is 1. The molecule has 156 valence electrons. The number of para-hydroxylation sites is 1. The maximum atomic E-state index is 12.9. The van der Waals surface area contributed by atoms with Crippen LogP contribution in [0.3, 0.4) is 0 Å². The molecular formula is C22H21NO5S2. The number of rotatable bonds is 8. The van der Waals surface area contributed by atoms with Crippen molar-refractivity contribution in [3.8, 4) is 11.5 Å². The lowest BCUT2D eigenvalue weighted by Crippen LogP contribution is -2.27. The summed E-state index contributed by atoms with van der Waals surface area (Å²) in [5, 5.41) is 0. The van der Waals surface area contributed by atoms with Crippen LogP contribution in [0.25, 0.3) is 6.08 Å². The van der Waals surface area contributed by atoms with Crippen LogP contribution in [-0.2, 0) is 20.9 Å². The number of hydrogen-bond acceptors (Lipinski definition) is 7. The number of amides is 1. The molecule has 0 atom stereocenters. The first-order chi connectivity index (χ1) is 14.5. The number of thioether (sulfide) groups is 1. The summed E-state index contributed by atoms with van der Waals surface area (Å²) in [7, 11) is 1.51. The molecule has 6 nitrogen and oxygen atoms in total. The molecule has 0 aromatic heterocycles. The Kier molecular flexibility index (Phi) is 7.48. The Bertz CT molecular complexity index is 975. The van der Waals surface area contributed by atoms with Gasteiger partial charge >= 0.3 is 5.97 Å². The zero-order valence-corrected chi connectivity index (χ0v) is 18.3. The fourth-order valence-corrected chi connectivity index (χ4v) is 4.08. The van der Waals surface area contributed by atoms with Crippen LogP contribution in [-0.4, -0.2) is 41.4 Å². The monoisotopic (exact) mass is 443 g/mol. The van der Waals surface area contributed by atoms with E-state index in [4.69, 9.17) is 26.4 Å². The molecule has 1 saturated heterocycles. The number of carbonyl (C=O) groups excluding carboxylic acids is 2. The molecule has 1 fully saturated rings. The number of hydrogen-bond donors (Lipinski definition) is 0. The van der Waals surface area contributed by atoms with Crippen molar-refractivity contribution < 1.29 is 23.8 Å². The quantitative estimate of drug-likeness (QED) is 0.347. The molecule has 0 unspecified atom stereocenters. The normalized spacial score (nSPS) is 14.9. The molecular weight excluding hydrogens is 422 g/mol. The maximum absolute atomic E-state index is 12.9. The zero-order valence-electron chi connectivity index (χ0n) is 16.6. The van der Waals surface area contributed by atoms with Gasteiger partial charge in [0.15, 0.2) is 18.1 Å². The Labute approximate surface area is 184 Å². The molecule has 30 heavy (non-hydrogen) atoms. The minimum atomic E-state index is -0.483. The van der Waals surface area contributed by atoms with E-state index in [1.54, 1.807) is 36.1 Å². The second-order valence-corrected chi connectivity index (χ2v) is 7.90. The summed E-state index contributed by atoms with van der Waals surface area (Å²) < 4.78 is 16.4. The molecule has 0 radical (unpaired) electrons. The van der Waals surface area contributed by atoms with Gasteiger partial charge < -0.3 is 14.2 Å². The Balaban J connectivity index is 1.84. The van der Waals surface area contributed by atoms with Crippen LogP contribution < -0.4 is 9.47 Å². The van der Waals surface area contributed by atoms with Crippen LogP contribution in [0.15, 0.2) is 53.4 Å². The molecule has 0 saturated carbocycles. The van der Waals surface area contributed by atoms with Gasteiger partial charge in [0.25, 0.3) is 5.91 Å². The predicted molar refractivity (Wildman–Crippen MR) is 120 cm³/mol. The van der Waals surface area contributed by atoms with E-state index in [1.165, 1.54) is 18.9 Å². The van der Waals surface area contributed by atoms with E-state index in [1.807, 2.05) is 30.3 Å². The van der Waals surface area contributed by atoms with Gasteiger partial charge in [0.1, 0.15) is 4.32 Å². The summed E-state index contributed by atoms with van der Waals surface area (Å²) >= 11 is 6.65. The third-order valence-electron chi connectivity index (χ3n) is 4.21. The topological polar surface area (TPSA) is 65.1 Å². The summed E-state index contributed by atoms with van der Waals surface area (Å²) in [5.41, 5.74) is 1.61. The fraction of sp³-hybridized carbons (Fsp3) is 0.227. The standard InChI is InChI=1S/C22H21NO5S2/c1-3-27-19(24)14-28-20-16(10-7-11-17(20)26-2)12-18-21(25)23(22(29)30-18)13-15-8-5-4-6-9-15/h4-12H,3,13-14H2,1-2H3. The maximum Gasteiger partial charge on any atom is 0.344 e.